The Morgan fingerprint density at radius 1 is 1.12 bits per heavy atom. The molecule has 0 amide bonds. The minimum Gasteiger partial charge on any atom is -0.384 e. The van der Waals surface area contributed by atoms with Gasteiger partial charge in [0, 0.05) is 20.2 Å². The predicted molar refractivity (Wildman–Crippen MR) is 112 cm³/mol. The quantitative estimate of drug-likeness (QED) is 0.541. The topological polar surface area (TPSA) is 12.0 Å². The lowest BCUT2D eigenvalue weighted by molar-refractivity contribution is 0.472. The Morgan fingerprint density at radius 2 is 1.92 bits per heavy atom. The Balaban J connectivity index is 2.01. The van der Waals surface area contributed by atoms with Gasteiger partial charge in [-0.15, -0.1) is 11.3 Å². The third kappa shape index (κ3) is 2.77. The first kappa shape index (κ1) is 16.7. The molecule has 0 bridgehead atoms. The van der Waals surface area contributed by atoms with E-state index < -0.39 is 0 Å². The molecular weight excluding hydrogens is 322 g/mol. The van der Waals surface area contributed by atoms with Crippen LogP contribution in [0.3, 0.4) is 0 Å². The van der Waals surface area contributed by atoms with Crippen molar-refractivity contribution in [3.05, 3.63) is 59.3 Å². The van der Waals surface area contributed by atoms with E-state index >= 15 is 0 Å². The summed E-state index contributed by atoms with van der Waals surface area (Å²) < 4.78 is 2.96. The average molecular weight is 350 g/mol. The monoisotopic (exact) mass is 349 g/mol. The molecule has 0 spiro atoms. The highest BCUT2D eigenvalue weighted by Gasteiger charge is 2.23. The fourth-order valence-electron chi connectivity index (χ4n) is 4.15. The normalized spacial score (nSPS) is 20.5. The van der Waals surface area contributed by atoms with E-state index in [1.54, 1.807) is 0 Å². The number of hydrogen-bond donors (Lipinski definition) is 1. The number of allylic oxidation sites excluding steroid dienone is 1. The van der Waals surface area contributed by atoms with Crippen LogP contribution >= 0.6 is 11.3 Å². The van der Waals surface area contributed by atoms with Gasteiger partial charge in [0.05, 0.1) is 6.04 Å². The van der Waals surface area contributed by atoms with Crippen LogP contribution in [0, 0.1) is 5.92 Å². The molecule has 1 aliphatic rings. The molecule has 130 valence electrons. The van der Waals surface area contributed by atoms with Crippen molar-refractivity contribution < 1.29 is 0 Å². The summed E-state index contributed by atoms with van der Waals surface area (Å²) in [5.74, 6) is 1.19. The van der Waals surface area contributed by atoms with Crippen molar-refractivity contribution in [1.82, 2.24) is 5.32 Å². The maximum Gasteiger partial charge on any atom is 0.0530 e. The summed E-state index contributed by atoms with van der Waals surface area (Å²) in [4.78, 5) is 0. The van der Waals surface area contributed by atoms with E-state index in [0.717, 1.165) is 6.42 Å². The highest BCUT2D eigenvalue weighted by atomic mass is 32.1. The summed E-state index contributed by atoms with van der Waals surface area (Å²) in [5, 5.41) is 6.50. The molecule has 0 aliphatic carbocycles. The van der Waals surface area contributed by atoms with Crippen molar-refractivity contribution in [2.45, 2.75) is 52.5 Å². The van der Waals surface area contributed by atoms with Gasteiger partial charge in [0.1, 0.15) is 0 Å². The highest BCUT2D eigenvalue weighted by Crippen LogP contribution is 2.43. The Morgan fingerprint density at radius 3 is 2.64 bits per heavy atom. The van der Waals surface area contributed by atoms with Crippen molar-refractivity contribution in [1.29, 1.82) is 0 Å². The zero-order chi connectivity index (χ0) is 17.6. The number of fused-ring (bicyclic) bond motifs is 3. The molecule has 1 aliphatic heterocycles. The Labute approximate surface area is 154 Å². The number of thiophene rings is 1. The predicted octanol–water partition coefficient (Wildman–Crippen LogP) is 6.92. The first-order valence-electron chi connectivity index (χ1n) is 9.49. The van der Waals surface area contributed by atoms with Crippen molar-refractivity contribution in [3.63, 3.8) is 0 Å². The minimum atomic E-state index is 0.425. The van der Waals surface area contributed by atoms with E-state index in [9.17, 15) is 0 Å². The van der Waals surface area contributed by atoms with Crippen molar-refractivity contribution in [3.8, 4) is 0 Å². The Bertz CT molecular complexity index is 948. The molecule has 0 radical (unpaired) electrons. The third-order valence-corrected chi connectivity index (χ3v) is 6.81. The molecule has 0 saturated heterocycles. The highest BCUT2D eigenvalue weighted by molar-refractivity contribution is 7.26. The van der Waals surface area contributed by atoms with Crippen LogP contribution in [0.4, 0.5) is 0 Å². The lowest BCUT2D eigenvalue weighted by Crippen LogP contribution is -2.23. The fraction of sp³-hybridized carbons (Fsp3) is 0.391. The molecule has 0 saturated carbocycles. The molecule has 4 rings (SSSR count). The van der Waals surface area contributed by atoms with Crippen LogP contribution in [-0.2, 0) is 6.42 Å². The molecule has 1 N–H and O–H groups in total. The van der Waals surface area contributed by atoms with Crippen molar-refractivity contribution in [2.24, 2.45) is 5.92 Å². The molecular formula is C23H27NS. The number of hydrogen-bond acceptors (Lipinski definition) is 2. The molecule has 2 heteroatoms. The summed E-state index contributed by atoms with van der Waals surface area (Å²) in [5.41, 5.74) is 4.50. The Hall–Kier alpha value is -1.80. The van der Waals surface area contributed by atoms with Gasteiger partial charge < -0.3 is 5.32 Å². The largest absolute Gasteiger partial charge is 0.384 e. The molecule has 0 fully saturated rings. The summed E-state index contributed by atoms with van der Waals surface area (Å²) in [6, 6.07) is 12.0. The van der Waals surface area contributed by atoms with Gasteiger partial charge in [0.25, 0.3) is 0 Å². The van der Waals surface area contributed by atoms with E-state index in [2.05, 4.69) is 75.6 Å². The molecule has 25 heavy (non-hydrogen) atoms. The first-order chi connectivity index (χ1) is 12.1. The summed E-state index contributed by atoms with van der Waals surface area (Å²) in [6.45, 7) is 9.19. The standard InChI is InChI=1S/C23H27NS/c1-5-16-9-10-19-18-8-6-7-17(14(2)3)22(18)25-23(19)21(16)20-13-15(4)11-12-24-20/h6-12,14-15,20,24H,5,13H2,1-4H3. The lowest BCUT2D eigenvalue weighted by atomic mass is 9.89. The van der Waals surface area contributed by atoms with Gasteiger partial charge in [-0.25, -0.2) is 0 Å². The molecule has 1 aromatic heterocycles. The minimum absolute atomic E-state index is 0.425. The molecule has 2 heterocycles. The van der Waals surface area contributed by atoms with Crippen LogP contribution in [0.15, 0.2) is 42.6 Å². The fourth-order valence-corrected chi connectivity index (χ4v) is 5.73. The van der Waals surface area contributed by atoms with Gasteiger partial charge >= 0.3 is 0 Å². The zero-order valence-electron chi connectivity index (χ0n) is 15.6. The van der Waals surface area contributed by atoms with E-state index in [1.807, 2.05) is 11.3 Å². The maximum absolute atomic E-state index is 3.64. The average Bonchev–Trinajstić information content (AvgIpc) is 2.99. The van der Waals surface area contributed by atoms with Crippen LogP contribution < -0.4 is 5.32 Å². The van der Waals surface area contributed by atoms with E-state index in [-0.39, 0.29) is 0 Å². The van der Waals surface area contributed by atoms with Gasteiger partial charge in [0.15, 0.2) is 0 Å². The Kier molecular flexibility index (Phi) is 4.33. The molecule has 3 aromatic rings. The van der Waals surface area contributed by atoms with Gasteiger partial charge in [0.2, 0.25) is 0 Å². The van der Waals surface area contributed by atoms with Crippen LogP contribution in [0.2, 0.25) is 0 Å². The summed E-state index contributed by atoms with van der Waals surface area (Å²) in [6.07, 6.45) is 6.70. The van der Waals surface area contributed by atoms with Crippen LogP contribution in [0.25, 0.3) is 20.2 Å². The molecule has 2 unspecified atom stereocenters. The van der Waals surface area contributed by atoms with Crippen LogP contribution in [0.5, 0.6) is 0 Å². The van der Waals surface area contributed by atoms with Crippen molar-refractivity contribution >= 4 is 31.5 Å². The SMILES string of the molecule is CCc1ccc2c(sc3c(C(C)C)cccc32)c1C1CC(C)C=CN1. The summed E-state index contributed by atoms with van der Waals surface area (Å²) in [7, 11) is 0. The summed E-state index contributed by atoms with van der Waals surface area (Å²) >= 11 is 2.00. The third-order valence-electron chi connectivity index (χ3n) is 5.51. The first-order valence-corrected chi connectivity index (χ1v) is 10.3. The number of aryl methyl sites for hydroxylation is 1. The van der Waals surface area contributed by atoms with Gasteiger partial charge in [-0.3, -0.25) is 0 Å². The smallest absolute Gasteiger partial charge is 0.0530 e. The van der Waals surface area contributed by atoms with Crippen molar-refractivity contribution in [2.75, 3.05) is 0 Å². The second kappa shape index (κ2) is 6.49. The molecule has 2 aromatic carbocycles. The number of rotatable bonds is 3. The second-order valence-electron chi connectivity index (χ2n) is 7.64. The lowest BCUT2D eigenvalue weighted by Gasteiger charge is -2.27. The van der Waals surface area contributed by atoms with E-state index in [0.29, 0.717) is 17.9 Å². The zero-order valence-corrected chi connectivity index (χ0v) is 16.4. The maximum atomic E-state index is 3.64. The second-order valence-corrected chi connectivity index (χ2v) is 8.66. The number of nitrogens with one attached hydrogen (secondary N) is 1. The van der Waals surface area contributed by atoms with Gasteiger partial charge in [-0.1, -0.05) is 64.1 Å². The van der Waals surface area contributed by atoms with Gasteiger partial charge in [-0.2, -0.15) is 0 Å². The van der Waals surface area contributed by atoms with Crippen LogP contribution in [0.1, 0.15) is 62.8 Å². The van der Waals surface area contributed by atoms with E-state index in [4.69, 9.17) is 0 Å². The molecule has 2 atom stereocenters. The van der Waals surface area contributed by atoms with Gasteiger partial charge in [-0.05, 0) is 47.6 Å². The van der Waals surface area contributed by atoms with Crippen LogP contribution in [-0.4, -0.2) is 0 Å². The van der Waals surface area contributed by atoms with E-state index in [1.165, 1.54) is 43.3 Å². The number of benzene rings is 2. The molecule has 1 nitrogen and oxygen atoms in total.